The van der Waals surface area contributed by atoms with Gasteiger partial charge in [0.15, 0.2) is 0 Å². The lowest BCUT2D eigenvalue weighted by Crippen LogP contribution is -1.99. The van der Waals surface area contributed by atoms with E-state index in [0.29, 0.717) is 12.2 Å². The second-order valence-electron chi connectivity index (χ2n) is 1.90. The Balaban J connectivity index is 4.04. The van der Waals surface area contributed by atoms with Crippen molar-refractivity contribution in [1.82, 2.24) is 0 Å². The van der Waals surface area contributed by atoms with Crippen molar-refractivity contribution in [2.24, 2.45) is 5.73 Å². The van der Waals surface area contributed by atoms with Crippen LogP contribution >= 0.6 is 0 Å². The molecule has 0 saturated heterocycles. The van der Waals surface area contributed by atoms with Gasteiger partial charge in [0.2, 0.25) is 0 Å². The third-order valence-corrected chi connectivity index (χ3v) is 1.06. The van der Waals surface area contributed by atoms with Crippen LogP contribution < -0.4 is 5.73 Å². The number of nitrogens with two attached hydrogens (primary N) is 1. The lowest BCUT2D eigenvalue weighted by molar-refractivity contribution is -0.137. The third-order valence-electron chi connectivity index (χ3n) is 1.06. The van der Waals surface area contributed by atoms with Gasteiger partial charge in [-0.1, -0.05) is 0 Å². The summed E-state index contributed by atoms with van der Waals surface area (Å²) < 4.78 is 4.61. The maximum absolute atomic E-state index is 10.7. The fraction of sp³-hybridized carbons (Fsp3) is 0.250. The third kappa shape index (κ3) is 4.27. The molecule has 3 N–H and O–H groups in total. The molecule has 0 fully saturated rings. The molecule has 0 saturated carbocycles. The van der Waals surface area contributed by atoms with Crippen molar-refractivity contribution in [3.63, 3.8) is 0 Å². The maximum atomic E-state index is 10.7. The molecule has 12 heavy (non-hydrogen) atoms. The highest BCUT2D eigenvalue weighted by Gasteiger charge is 1.92. The van der Waals surface area contributed by atoms with Crippen LogP contribution in [0.5, 0.6) is 0 Å². The molecule has 0 spiro atoms. The number of hydrogen-bond donors (Lipinski definition) is 2. The SMILES string of the molecule is CCOC(=O)/C=C/C(C=N)=C/N. The predicted molar refractivity (Wildman–Crippen MR) is 46.8 cm³/mol. The molecule has 0 radical (unpaired) electrons. The molecule has 66 valence electrons. The minimum absolute atomic E-state index is 0.343. The zero-order valence-electron chi connectivity index (χ0n) is 6.91. The van der Waals surface area contributed by atoms with Gasteiger partial charge in [0.25, 0.3) is 0 Å². The molecule has 0 heterocycles. The molecule has 0 atom stereocenters. The van der Waals surface area contributed by atoms with Crippen molar-refractivity contribution in [2.75, 3.05) is 6.61 Å². The van der Waals surface area contributed by atoms with E-state index >= 15 is 0 Å². The standard InChI is InChI=1S/C8H12N2O2/c1-2-12-8(11)4-3-7(5-9)6-10/h3-6,9H,2,10H2,1H3/b4-3+,7-6-,9-5?. The molecule has 0 aliphatic carbocycles. The summed E-state index contributed by atoms with van der Waals surface area (Å²) in [6, 6.07) is 0. The van der Waals surface area contributed by atoms with Gasteiger partial charge in [-0.05, 0) is 13.0 Å². The van der Waals surface area contributed by atoms with Crippen LogP contribution in [-0.4, -0.2) is 18.8 Å². The van der Waals surface area contributed by atoms with E-state index in [0.717, 1.165) is 6.21 Å². The van der Waals surface area contributed by atoms with Gasteiger partial charge in [0.05, 0.1) is 6.61 Å². The van der Waals surface area contributed by atoms with Crippen molar-refractivity contribution >= 4 is 12.2 Å². The predicted octanol–water partition coefficient (Wildman–Crippen LogP) is 0.598. The fourth-order valence-corrected chi connectivity index (χ4v) is 0.506. The smallest absolute Gasteiger partial charge is 0.330 e. The number of rotatable bonds is 4. The number of allylic oxidation sites excluding steroid dienone is 2. The van der Waals surface area contributed by atoms with Crippen molar-refractivity contribution in [3.05, 3.63) is 23.9 Å². The number of hydrogen-bond acceptors (Lipinski definition) is 4. The molecule has 0 aromatic carbocycles. The van der Waals surface area contributed by atoms with E-state index in [-0.39, 0.29) is 0 Å². The minimum Gasteiger partial charge on any atom is -0.463 e. The Morgan fingerprint density at radius 2 is 2.25 bits per heavy atom. The Hall–Kier alpha value is -1.58. The first-order valence-electron chi connectivity index (χ1n) is 3.51. The Morgan fingerprint density at radius 3 is 2.67 bits per heavy atom. The quantitative estimate of drug-likeness (QED) is 0.279. The summed E-state index contributed by atoms with van der Waals surface area (Å²) in [6.07, 6.45) is 4.94. The minimum atomic E-state index is -0.432. The van der Waals surface area contributed by atoms with Crippen molar-refractivity contribution in [3.8, 4) is 0 Å². The molecule has 0 aromatic heterocycles. The summed E-state index contributed by atoms with van der Waals surface area (Å²) in [5.74, 6) is -0.432. The van der Waals surface area contributed by atoms with Crippen LogP contribution in [0.4, 0.5) is 0 Å². The molecule has 0 aliphatic rings. The maximum Gasteiger partial charge on any atom is 0.330 e. The van der Waals surface area contributed by atoms with Gasteiger partial charge in [-0.25, -0.2) is 4.79 Å². The van der Waals surface area contributed by atoms with E-state index in [1.54, 1.807) is 6.92 Å². The highest BCUT2D eigenvalue weighted by Crippen LogP contribution is 1.90. The van der Waals surface area contributed by atoms with Crippen LogP contribution in [-0.2, 0) is 9.53 Å². The molecule has 0 unspecified atom stereocenters. The molecule has 0 amide bonds. The average molecular weight is 168 g/mol. The van der Waals surface area contributed by atoms with E-state index in [4.69, 9.17) is 11.1 Å². The lowest BCUT2D eigenvalue weighted by atomic mass is 10.3. The largest absolute Gasteiger partial charge is 0.463 e. The second kappa shape index (κ2) is 6.15. The first kappa shape index (κ1) is 10.4. The summed E-state index contributed by atoms with van der Waals surface area (Å²) in [6.45, 7) is 2.07. The number of carbonyl (C=O) groups is 1. The Bertz CT molecular complexity index is 219. The fourth-order valence-electron chi connectivity index (χ4n) is 0.506. The summed E-state index contributed by atoms with van der Waals surface area (Å²) in [5, 5.41) is 6.83. The molecular weight excluding hydrogens is 156 g/mol. The number of esters is 1. The first-order valence-corrected chi connectivity index (χ1v) is 3.51. The van der Waals surface area contributed by atoms with Gasteiger partial charge >= 0.3 is 5.97 Å². The number of ether oxygens (including phenoxy) is 1. The number of nitrogens with one attached hydrogen (secondary N) is 1. The van der Waals surface area contributed by atoms with Gasteiger partial charge in [-0.3, -0.25) is 0 Å². The zero-order chi connectivity index (χ0) is 9.40. The van der Waals surface area contributed by atoms with Gasteiger partial charge in [-0.2, -0.15) is 0 Å². The lowest BCUT2D eigenvalue weighted by Gasteiger charge is -1.94. The van der Waals surface area contributed by atoms with Crippen LogP contribution in [0.25, 0.3) is 0 Å². The molecule has 4 heteroatoms. The van der Waals surface area contributed by atoms with Crippen molar-refractivity contribution in [2.45, 2.75) is 6.92 Å². The summed E-state index contributed by atoms with van der Waals surface area (Å²) >= 11 is 0. The van der Waals surface area contributed by atoms with Gasteiger partial charge in [0, 0.05) is 24.1 Å². The van der Waals surface area contributed by atoms with E-state index in [9.17, 15) is 4.79 Å². The summed E-state index contributed by atoms with van der Waals surface area (Å²) in [7, 11) is 0. The summed E-state index contributed by atoms with van der Waals surface area (Å²) in [5.41, 5.74) is 5.59. The number of carbonyl (C=O) groups excluding carboxylic acids is 1. The highest BCUT2D eigenvalue weighted by molar-refractivity contribution is 5.86. The van der Waals surface area contributed by atoms with Crippen LogP contribution in [0.15, 0.2) is 23.9 Å². The highest BCUT2D eigenvalue weighted by atomic mass is 16.5. The van der Waals surface area contributed by atoms with Crippen LogP contribution in [0.2, 0.25) is 0 Å². The first-order chi connectivity index (χ1) is 5.74. The molecular formula is C8H12N2O2. The van der Waals surface area contributed by atoms with E-state index < -0.39 is 5.97 Å². The Morgan fingerprint density at radius 1 is 1.58 bits per heavy atom. The zero-order valence-corrected chi connectivity index (χ0v) is 6.91. The molecule has 4 nitrogen and oxygen atoms in total. The van der Waals surface area contributed by atoms with Crippen molar-refractivity contribution < 1.29 is 9.53 Å². The Labute approximate surface area is 71.2 Å². The van der Waals surface area contributed by atoms with Crippen LogP contribution in [0.1, 0.15) is 6.92 Å². The van der Waals surface area contributed by atoms with Gasteiger partial charge < -0.3 is 15.9 Å². The summed E-state index contributed by atoms with van der Waals surface area (Å²) in [4.78, 5) is 10.7. The molecule has 0 aliphatic heterocycles. The van der Waals surface area contributed by atoms with Gasteiger partial charge in [-0.15, -0.1) is 0 Å². The average Bonchev–Trinajstić information content (AvgIpc) is 2.07. The molecule has 0 rings (SSSR count). The topological polar surface area (TPSA) is 76.2 Å². The van der Waals surface area contributed by atoms with Crippen molar-refractivity contribution in [1.29, 1.82) is 5.41 Å². The normalized spacial score (nSPS) is 11.6. The van der Waals surface area contributed by atoms with Gasteiger partial charge in [0.1, 0.15) is 0 Å². The molecule has 0 bridgehead atoms. The van der Waals surface area contributed by atoms with E-state index in [2.05, 4.69) is 4.74 Å². The monoisotopic (exact) mass is 168 g/mol. The van der Waals surface area contributed by atoms with Crippen LogP contribution in [0, 0.1) is 5.41 Å². The second-order valence-corrected chi connectivity index (χ2v) is 1.90. The van der Waals surface area contributed by atoms with Crippen LogP contribution in [0.3, 0.4) is 0 Å². The Kier molecular flexibility index (Phi) is 5.34. The van der Waals surface area contributed by atoms with E-state index in [1.165, 1.54) is 18.4 Å². The molecule has 0 aromatic rings. The van der Waals surface area contributed by atoms with E-state index in [1.807, 2.05) is 0 Å².